The lowest BCUT2D eigenvalue weighted by Gasteiger charge is -2.26. The van der Waals surface area contributed by atoms with Crippen LogP contribution in [0, 0.1) is 6.92 Å². The van der Waals surface area contributed by atoms with Crippen LogP contribution in [0.5, 0.6) is 5.75 Å². The van der Waals surface area contributed by atoms with Crippen LogP contribution in [-0.2, 0) is 4.74 Å². The van der Waals surface area contributed by atoms with Gasteiger partial charge in [-0.25, -0.2) is 4.79 Å². The first-order chi connectivity index (χ1) is 13.2. The molecule has 2 heterocycles. The first-order valence-corrected chi connectivity index (χ1v) is 8.95. The van der Waals surface area contributed by atoms with E-state index in [1.807, 2.05) is 24.3 Å². The van der Waals surface area contributed by atoms with E-state index < -0.39 is 6.04 Å². The zero-order valence-corrected chi connectivity index (χ0v) is 15.6. The molecule has 27 heavy (non-hydrogen) atoms. The fraction of sp³-hybridized carbons (Fsp3) is 0.500. The molecule has 1 aromatic heterocycles. The van der Waals surface area contributed by atoms with Gasteiger partial charge in [-0.3, -0.25) is 4.90 Å². The number of carbonyl (C=O) groups is 1. The van der Waals surface area contributed by atoms with Gasteiger partial charge in [0, 0.05) is 38.7 Å². The first kappa shape index (κ1) is 19.1. The second kappa shape index (κ2) is 9.33. The number of benzene rings is 1. The van der Waals surface area contributed by atoms with Gasteiger partial charge in [0.15, 0.2) is 5.82 Å². The number of hydrogen-bond acceptors (Lipinski definition) is 7. The SMILES string of the molecule is COc1ccccc1[C@H](NC(=O)NCCN1CCOCC1)c1noc(C)n1. The molecular formula is C18H25N5O4. The Morgan fingerprint density at radius 3 is 2.81 bits per heavy atom. The summed E-state index contributed by atoms with van der Waals surface area (Å²) in [5, 5.41) is 9.77. The topological polar surface area (TPSA) is 102 Å². The van der Waals surface area contributed by atoms with Gasteiger partial charge in [0.1, 0.15) is 11.8 Å². The molecule has 2 aromatic rings. The predicted octanol–water partition coefficient (Wildman–Crippen LogP) is 1.11. The lowest BCUT2D eigenvalue weighted by atomic mass is 10.1. The van der Waals surface area contributed by atoms with Crippen molar-refractivity contribution in [2.24, 2.45) is 0 Å². The lowest BCUT2D eigenvalue weighted by molar-refractivity contribution is 0.0387. The van der Waals surface area contributed by atoms with Crippen LogP contribution in [0.4, 0.5) is 4.79 Å². The van der Waals surface area contributed by atoms with Crippen LogP contribution >= 0.6 is 0 Å². The van der Waals surface area contributed by atoms with Gasteiger partial charge in [-0.15, -0.1) is 0 Å². The number of urea groups is 1. The van der Waals surface area contributed by atoms with Crippen LogP contribution in [0.25, 0.3) is 0 Å². The number of ether oxygens (including phenoxy) is 2. The summed E-state index contributed by atoms with van der Waals surface area (Å²) in [6.45, 7) is 6.26. The number of aromatic nitrogens is 2. The van der Waals surface area contributed by atoms with Crippen molar-refractivity contribution in [3.63, 3.8) is 0 Å². The predicted molar refractivity (Wildman–Crippen MR) is 97.7 cm³/mol. The smallest absolute Gasteiger partial charge is 0.315 e. The molecule has 1 fully saturated rings. The largest absolute Gasteiger partial charge is 0.496 e. The van der Waals surface area contributed by atoms with Crippen molar-refractivity contribution >= 4 is 6.03 Å². The van der Waals surface area contributed by atoms with E-state index in [4.69, 9.17) is 14.0 Å². The molecule has 2 N–H and O–H groups in total. The maximum absolute atomic E-state index is 12.5. The minimum atomic E-state index is -0.581. The molecule has 3 rings (SSSR count). The van der Waals surface area contributed by atoms with E-state index in [0.717, 1.165) is 38.4 Å². The van der Waals surface area contributed by atoms with Gasteiger partial charge in [-0.1, -0.05) is 23.4 Å². The molecule has 1 aromatic carbocycles. The van der Waals surface area contributed by atoms with Crippen LogP contribution in [0.2, 0.25) is 0 Å². The van der Waals surface area contributed by atoms with E-state index in [9.17, 15) is 4.79 Å². The maximum Gasteiger partial charge on any atom is 0.315 e. The number of methoxy groups -OCH3 is 1. The summed E-state index contributed by atoms with van der Waals surface area (Å²) in [6, 6.07) is 6.54. The Labute approximate surface area is 158 Å². The fourth-order valence-corrected chi connectivity index (χ4v) is 2.95. The van der Waals surface area contributed by atoms with Crippen molar-refractivity contribution < 1.29 is 18.8 Å². The van der Waals surface area contributed by atoms with Crippen LogP contribution in [0.1, 0.15) is 23.3 Å². The van der Waals surface area contributed by atoms with Gasteiger partial charge in [-0.2, -0.15) is 4.98 Å². The second-order valence-electron chi connectivity index (χ2n) is 6.20. The summed E-state index contributed by atoms with van der Waals surface area (Å²) in [5.41, 5.74) is 0.754. The third-order valence-electron chi connectivity index (χ3n) is 4.34. The van der Waals surface area contributed by atoms with Crippen molar-refractivity contribution in [1.82, 2.24) is 25.7 Å². The highest BCUT2D eigenvalue weighted by molar-refractivity contribution is 5.75. The normalized spacial score (nSPS) is 15.9. The summed E-state index contributed by atoms with van der Waals surface area (Å²) in [6.07, 6.45) is 0. The molecule has 146 valence electrons. The molecule has 1 saturated heterocycles. The number of carbonyl (C=O) groups excluding carboxylic acids is 1. The van der Waals surface area contributed by atoms with Crippen molar-refractivity contribution in [1.29, 1.82) is 0 Å². The molecule has 0 unspecified atom stereocenters. The standard InChI is InChI=1S/C18H25N5O4/c1-13-20-17(22-27-13)16(14-5-3-4-6-15(14)25-2)21-18(24)19-7-8-23-9-11-26-12-10-23/h3-6,16H,7-12H2,1-2H3,(H2,19,21,24)/t16-/m0/s1. The van der Waals surface area contributed by atoms with Crippen LogP contribution in [0.15, 0.2) is 28.8 Å². The fourth-order valence-electron chi connectivity index (χ4n) is 2.95. The van der Waals surface area contributed by atoms with Gasteiger partial charge in [0.2, 0.25) is 5.89 Å². The van der Waals surface area contributed by atoms with Crippen molar-refractivity contribution in [2.45, 2.75) is 13.0 Å². The van der Waals surface area contributed by atoms with Crippen molar-refractivity contribution in [3.8, 4) is 5.75 Å². The summed E-state index contributed by atoms with van der Waals surface area (Å²) in [4.78, 5) is 19.0. The van der Waals surface area contributed by atoms with E-state index in [1.165, 1.54) is 0 Å². The average molecular weight is 375 g/mol. The number of morpholine rings is 1. The average Bonchev–Trinajstić information content (AvgIpc) is 3.13. The minimum absolute atomic E-state index is 0.304. The number of nitrogens with one attached hydrogen (secondary N) is 2. The van der Waals surface area contributed by atoms with Crippen LogP contribution < -0.4 is 15.4 Å². The number of nitrogens with zero attached hydrogens (tertiary/aromatic N) is 3. The summed E-state index contributed by atoms with van der Waals surface area (Å²) in [7, 11) is 1.58. The van der Waals surface area contributed by atoms with Crippen molar-refractivity contribution in [2.75, 3.05) is 46.5 Å². The van der Waals surface area contributed by atoms with E-state index >= 15 is 0 Å². The van der Waals surface area contributed by atoms with Crippen LogP contribution in [0.3, 0.4) is 0 Å². The monoisotopic (exact) mass is 375 g/mol. The van der Waals surface area contributed by atoms with Gasteiger partial charge < -0.3 is 24.6 Å². The number of aryl methyl sites for hydroxylation is 1. The number of hydrogen-bond donors (Lipinski definition) is 2. The van der Waals surface area contributed by atoms with E-state index in [1.54, 1.807) is 14.0 Å². The number of rotatable bonds is 7. The highest BCUT2D eigenvalue weighted by atomic mass is 16.5. The molecule has 0 bridgehead atoms. The zero-order chi connectivity index (χ0) is 19.1. The Balaban J connectivity index is 1.65. The summed E-state index contributed by atoms with van der Waals surface area (Å²) >= 11 is 0. The Kier molecular flexibility index (Phi) is 6.61. The summed E-state index contributed by atoms with van der Waals surface area (Å²) in [5.74, 6) is 1.44. The van der Waals surface area contributed by atoms with Crippen LogP contribution in [-0.4, -0.2) is 67.6 Å². The first-order valence-electron chi connectivity index (χ1n) is 8.95. The maximum atomic E-state index is 12.5. The van der Waals surface area contributed by atoms with E-state index in [2.05, 4.69) is 25.7 Å². The Morgan fingerprint density at radius 2 is 2.11 bits per heavy atom. The molecule has 1 aliphatic rings. The molecule has 1 aliphatic heterocycles. The van der Waals surface area contributed by atoms with Gasteiger partial charge in [-0.05, 0) is 6.07 Å². The molecule has 0 aliphatic carbocycles. The number of amides is 2. The molecule has 0 saturated carbocycles. The Morgan fingerprint density at radius 1 is 1.33 bits per heavy atom. The van der Waals surface area contributed by atoms with Crippen molar-refractivity contribution in [3.05, 3.63) is 41.5 Å². The van der Waals surface area contributed by atoms with Gasteiger partial charge in [0.25, 0.3) is 0 Å². The number of para-hydroxylation sites is 1. The highest BCUT2D eigenvalue weighted by Gasteiger charge is 2.25. The molecule has 2 amide bonds. The third-order valence-corrected chi connectivity index (χ3v) is 4.34. The Hall–Kier alpha value is -2.65. The Bertz CT molecular complexity index is 745. The van der Waals surface area contributed by atoms with E-state index in [0.29, 0.717) is 24.0 Å². The second-order valence-corrected chi connectivity index (χ2v) is 6.20. The summed E-state index contributed by atoms with van der Waals surface area (Å²) < 4.78 is 15.8. The molecule has 9 heteroatoms. The lowest BCUT2D eigenvalue weighted by Crippen LogP contribution is -2.44. The molecule has 0 radical (unpaired) electrons. The van der Waals surface area contributed by atoms with Gasteiger partial charge in [0.05, 0.1) is 20.3 Å². The van der Waals surface area contributed by atoms with Gasteiger partial charge >= 0.3 is 6.03 Å². The molecule has 9 nitrogen and oxygen atoms in total. The third kappa shape index (κ3) is 5.18. The quantitative estimate of drug-likeness (QED) is 0.747. The minimum Gasteiger partial charge on any atom is -0.496 e. The zero-order valence-electron chi connectivity index (χ0n) is 15.6. The van der Waals surface area contributed by atoms with E-state index in [-0.39, 0.29) is 6.03 Å². The molecular weight excluding hydrogens is 350 g/mol. The molecule has 0 spiro atoms. The molecule has 1 atom stereocenters. The highest BCUT2D eigenvalue weighted by Crippen LogP contribution is 2.28.